The Kier molecular flexibility index (Phi) is 3.53. The average Bonchev–Trinajstić information content (AvgIpc) is 3.01. The molecule has 0 bridgehead atoms. The number of nitrogens with one attached hydrogen (secondary N) is 1. The predicted molar refractivity (Wildman–Crippen MR) is 92.7 cm³/mol. The number of aryl methyl sites for hydroxylation is 2. The Balaban J connectivity index is 1.71. The fourth-order valence-corrected chi connectivity index (χ4v) is 3.00. The third-order valence-electron chi connectivity index (χ3n) is 4.10. The zero-order valence-electron chi connectivity index (χ0n) is 13.4. The molecule has 0 atom stereocenters. The van der Waals surface area contributed by atoms with Gasteiger partial charge in [0.2, 0.25) is 0 Å². The summed E-state index contributed by atoms with van der Waals surface area (Å²) in [5.74, 6) is 2.52. The fraction of sp³-hybridized carbons (Fsp3) is 0.235. The topological polar surface area (TPSA) is 93.1 Å². The summed E-state index contributed by atoms with van der Waals surface area (Å²) in [6, 6.07) is 10.1. The minimum atomic E-state index is 0.495. The maximum Gasteiger partial charge on any atom is 0.175 e. The molecule has 0 spiro atoms. The van der Waals surface area contributed by atoms with Gasteiger partial charge in [-0.2, -0.15) is 0 Å². The maximum absolute atomic E-state index is 6.34. The van der Waals surface area contributed by atoms with Gasteiger partial charge in [-0.15, -0.1) is 0 Å². The SMILES string of the molecule is Cc1cc(Nc2ncnc(N3CCCc4ccccc43)c2N)no1. The van der Waals surface area contributed by atoms with E-state index in [9.17, 15) is 0 Å². The Bertz CT molecular complexity index is 875. The normalized spacial score (nSPS) is 13.6. The smallest absolute Gasteiger partial charge is 0.175 e. The maximum atomic E-state index is 6.34. The third-order valence-corrected chi connectivity index (χ3v) is 4.10. The number of benzene rings is 1. The van der Waals surface area contributed by atoms with Crippen LogP contribution in [0.25, 0.3) is 0 Å². The zero-order chi connectivity index (χ0) is 16.5. The fourth-order valence-electron chi connectivity index (χ4n) is 3.00. The summed E-state index contributed by atoms with van der Waals surface area (Å²) in [4.78, 5) is 10.8. The molecule has 0 saturated carbocycles. The van der Waals surface area contributed by atoms with Crippen molar-refractivity contribution in [3.05, 3.63) is 48.0 Å². The highest BCUT2D eigenvalue weighted by Gasteiger charge is 2.22. The van der Waals surface area contributed by atoms with Crippen LogP contribution in [0.5, 0.6) is 0 Å². The van der Waals surface area contributed by atoms with E-state index in [0.29, 0.717) is 23.1 Å². The van der Waals surface area contributed by atoms with Crippen LogP contribution in [0.4, 0.5) is 28.8 Å². The quantitative estimate of drug-likeness (QED) is 0.765. The second-order valence-corrected chi connectivity index (χ2v) is 5.79. The second kappa shape index (κ2) is 5.84. The van der Waals surface area contributed by atoms with E-state index >= 15 is 0 Å². The first-order valence-electron chi connectivity index (χ1n) is 7.88. The highest BCUT2D eigenvalue weighted by molar-refractivity contribution is 5.82. The van der Waals surface area contributed by atoms with Crippen molar-refractivity contribution in [2.45, 2.75) is 19.8 Å². The largest absolute Gasteiger partial charge is 0.393 e. The first-order valence-corrected chi connectivity index (χ1v) is 7.88. The summed E-state index contributed by atoms with van der Waals surface area (Å²) < 4.78 is 5.06. The van der Waals surface area contributed by atoms with Crippen molar-refractivity contribution in [2.75, 3.05) is 22.5 Å². The number of fused-ring (bicyclic) bond motifs is 1. The van der Waals surface area contributed by atoms with Crippen molar-refractivity contribution in [2.24, 2.45) is 0 Å². The monoisotopic (exact) mass is 322 g/mol. The van der Waals surface area contributed by atoms with E-state index in [1.54, 1.807) is 6.07 Å². The van der Waals surface area contributed by atoms with Crippen LogP contribution in [0.1, 0.15) is 17.7 Å². The molecule has 0 aliphatic carbocycles. The Hall–Kier alpha value is -3.09. The van der Waals surface area contributed by atoms with Crippen LogP contribution in [0.15, 0.2) is 41.2 Å². The van der Waals surface area contributed by atoms with E-state index < -0.39 is 0 Å². The number of hydrogen-bond donors (Lipinski definition) is 2. The van der Waals surface area contributed by atoms with Gasteiger partial charge in [0, 0.05) is 18.3 Å². The van der Waals surface area contributed by atoms with Gasteiger partial charge in [-0.1, -0.05) is 23.4 Å². The molecule has 0 fully saturated rings. The van der Waals surface area contributed by atoms with Crippen LogP contribution in [-0.4, -0.2) is 21.7 Å². The molecule has 0 amide bonds. The number of para-hydroxylation sites is 1. The van der Waals surface area contributed by atoms with Crippen LogP contribution >= 0.6 is 0 Å². The highest BCUT2D eigenvalue weighted by atomic mass is 16.5. The predicted octanol–water partition coefficient (Wildman–Crippen LogP) is 3.18. The molecule has 3 N–H and O–H groups in total. The summed E-state index contributed by atoms with van der Waals surface area (Å²) in [5.41, 5.74) is 9.29. The lowest BCUT2D eigenvalue weighted by Crippen LogP contribution is -2.26. The number of nitrogens with zero attached hydrogens (tertiary/aromatic N) is 4. The first-order chi connectivity index (χ1) is 11.7. The summed E-state index contributed by atoms with van der Waals surface area (Å²) >= 11 is 0. The van der Waals surface area contributed by atoms with E-state index in [0.717, 1.165) is 30.8 Å². The highest BCUT2D eigenvalue weighted by Crippen LogP contribution is 2.37. The minimum Gasteiger partial charge on any atom is -0.393 e. The summed E-state index contributed by atoms with van der Waals surface area (Å²) in [5, 5.41) is 7.00. The van der Waals surface area contributed by atoms with Gasteiger partial charge in [-0.3, -0.25) is 0 Å². The Morgan fingerprint density at radius 2 is 2.12 bits per heavy atom. The number of nitrogen functional groups attached to an aromatic ring is 1. The van der Waals surface area contributed by atoms with Crippen molar-refractivity contribution in [3.8, 4) is 0 Å². The lowest BCUT2D eigenvalue weighted by molar-refractivity contribution is 0.400. The summed E-state index contributed by atoms with van der Waals surface area (Å²) in [6.07, 6.45) is 3.64. The molecule has 1 aliphatic heterocycles. The van der Waals surface area contributed by atoms with Gasteiger partial charge in [-0.25, -0.2) is 9.97 Å². The molecule has 1 aromatic carbocycles. The molecule has 7 heteroatoms. The van der Waals surface area contributed by atoms with Crippen LogP contribution in [0.2, 0.25) is 0 Å². The molecule has 1 aliphatic rings. The van der Waals surface area contributed by atoms with E-state index in [1.165, 1.54) is 11.9 Å². The van der Waals surface area contributed by atoms with Gasteiger partial charge >= 0.3 is 0 Å². The van der Waals surface area contributed by atoms with Crippen molar-refractivity contribution in [3.63, 3.8) is 0 Å². The van der Waals surface area contributed by atoms with Crippen LogP contribution in [0, 0.1) is 6.92 Å². The Morgan fingerprint density at radius 1 is 1.25 bits per heavy atom. The molecular weight excluding hydrogens is 304 g/mol. The Labute approximate surface area is 139 Å². The van der Waals surface area contributed by atoms with Crippen LogP contribution in [-0.2, 0) is 6.42 Å². The van der Waals surface area contributed by atoms with E-state index in [4.69, 9.17) is 10.3 Å². The summed E-state index contributed by atoms with van der Waals surface area (Å²) in [6.45, 7) is 2.71. The van der Waals surface area contributed by atoms with Gasteiger partial charge in [-0.05, 0) is 31.4 Å². The second-order valence-electron chi connectivity index (χ2n) is 5.79. The van der Waals surface area contributed by atoms with E-state index in [-0.39, 0.29) is 0 Å². The Morgan fingerprint density at radius 3 is 2.96 bits per heavy atom. The standard InChI is InChI=1S/C17H18N6O/c1-11-9-14(22-24-11)21-16-15(18)17(20-10-19-16)23-8-4-6-12-5-2-3-7-13(12)23/h2-3,5,7,9-10H,4,6,8,18H2,1H3,(H,19,20,21,22). The van der Waals surface area contributed by atoms with Crippen LogP contribution in [0.3, 0.4) is 0 Å². The molecule has 7 nitrogen and oxygen atoms in total. The molecule has 0 saturated heterocycles. The molecule has 122 valence electrons. The van der Waals surface area contributed by atoms with Crippen molar-refractivity contribution < 1.29 is 4.52 Å². The zero-order valence-corrected chi connectivity index (χ0v) is 13.4. The van der Waals surface area contributed by atoms with Crippen LogP contribution < -0.4 is 16.0 Å². The summed E-state index contributed by atoms with van der Waals surface area (Å²) in [7, 11) is 0. The molecule has 24 heavy (non-hydrogen) atoms. The van der Waals surface area contributed by atoms with Crippen molar-refractivity contribution in [1.82, 2.24) is 15.1 Å². The van der Waals surface area contributed by atoms with Gasteiger partial charge in [0.05, 0.1) is 0 Å². The van der Waals surface area contributed by atoms with Gasteiger partial charge in [0.25, 0.3) is 0 Å². The molecule has 3 aromatic rings. The number of anilines is 5. The van der Waals surface area contributed by atoms with E-state index in [1.807, 2.05) is 13.0 Å². The lowest BCUT2D eigenvalue weighted by atomic mass is 10.0. The minimum absolute atomic E-state index is 0.495. The number of aromatic nitrogens is 3. The number of rotatable bonds is 3. The van der Waals surface area contributed by atoms with Crippen molar-refractivity contribution in [1.29, 1.82) is 0 Å². The molecular formula is C17H18N6O. The first kappa shape index (κ1) is 14.5. The molecule has 3 heterocycles. The molecule has 4 rings (SSSR count). The molecule has 2 aromatic heterocycles. The molecule has 0 unspecified atom stereocenters. The van der Waals surface area contributed by atoms with Gasteiger partial charge < -0.3 is 20.5 Å². The van der Waals surface area contributed by atoms with E-state index in [2.05, 4.69) is 43.5 Å². The number of nitrogens with two attached hydrogens (primary N) is 1. The van der Waals surface area contributed by atoms with Gasteiger partial charge in [0.1, 0.15) is 17.8 Å². The molecule has 0 radical (unpaired) electrons. The number of hydrogen-bond acceptors (Lipinski definition) is 7. The lowest BCUT2D eigenvalue weighted by Gasteiger charge is -2.31. The van der Waals surface area contributed by atoms with Gasteiger partial charge in [0.15, 0.2) is 17.5 Å². The average molecular weight is 322 g/mol. The van der Waals surface area contributed by atoms with Crippen molar-refractivity contribution >= 4 is 28.8 Å². The third kappa shape index (κ3) is 2.54.